The van der Waals surface area contributed by atoms with Gasteiger partial charge in [-0.05, 0) is 11.6 Å². The van der Waals surface area contributed by atoms with Crippen LogP contribution in [-0.2, 0) is 6.42 Å². The van der Waals surface area contributed by atoms with Crippen LogP contribution >= 0.6 is 11.6 Å². The van der Waals surface area contributed by atoms with Gasteiger partial charge in [-0.1, -0.05) is 23.7 Å². The molecule has 2 rings (SSSR count). The number of nitrogens with two attached hydrogens (primary N) is 1. The van der Waals surface area contributed by atoms with E-state index >= 15 is 0 Å². The van der Waals surface area contributed by atoms with Gasteiger partial charge in [0.2, 0.25) is 0 Å². The molecule has 0 fully saturated rings. The van der Waals surface area contributed by atoms with Gasteiger partial charge in [0, 0.05) is 24.9 Å². The minimum Gasteiger partial charge on any atom is -0.349 e. The number of nitrogens with one attached hydrogen (secondary N) is 1. The summed E-state index contributed by atoms with van der Waals surface area (Å²) in [6.07, 6.45) is 3.86. The summed E-state index contributed by atoms with van der Waals surface area (Å²) in [5.41, 5.74) is 6.54. The molecule has 1 unspecified atom stereocenters. The van der Waals surface area contributed by atoms with Crippen LogP contribution in [0.4, 0.5) is 4.39 Å². The minimum atomic E-state index is -0.450. The number of H-pyrrole nitrogens is 1. The molecule has 1 aromatic carbocycles. The molecule has 3 nitrogen and oxygen atoms in total. The summed E-state index contributed by atoms with van der Waals surface area (Å²) in [4.78, 5) is 7.01. The SMILES string of the molecule is NC(Cc1ncc[nH]1)c1cccc(F)c1Cl. The Morgan fingerprint density at radius 1 is 1.50 bits per heavy atom. The van der Waals surface area contributed by atoms with Crippen molar-refractivity contribution < 1.29 is 4.39 Å². The van der Waals surface area contributed by atoms with Gasteiger partial charge in [0.05, 0.1) is 5.02 Å². The highest BCUT2D eigenvalue weighted by atomic mass is 35.5. The minimum absolute atomic E-state index is 0.0848. The fourth-order valence-electron chi connectivity index (χ4n) is 1.53. The molecule has 0 aliphatic heterocycles. The molecule has 2 aromatic rings. The van der Waals surface area contributed by atoms with Crippen molar-refractivity contribution in [3.05, 3.63) is 52.8 Å². The van der Waals surface area contributed by atoms with E-state index in [9.17, 15) is 4.39 Å². The quantitative estimate of drug-likeness (QED) is 0.865. The first-order valence-electron chi connectivity index (χ1n) is 4.86. The van der Waals surface area contributed by atoms with E-state index in [4.69, 9.17) is 17.3 Å². The number of aromatic nitrogens is 2. The summed E-state index contributed by atoms with van der Waals surface area (Å²) < 4.78 is 13.2. The first kappa shape index (κ1) is 11.1. The number of hydrogen-bond acceptors (Lipinski definition) is 2. The molecular weight excluding hydrogens is 229 g/mol. The predicted octanol–water partition coefficient (Wildman–Crippen LogP) is 2.44. The van der Waals surface area contributed by atoms with E-state index in [0.717, 1.165) is 5.82 Å². The maximum atomic E-state index is 13.2. The van der Waals surface area contributed by atoms with Crippen molar-refractivity contribution in [3.8, 4) is 0 Å². The van der Waals surface area contributed by atoms with Gasteiger partial charge in [0.15, 0.2) is 0 Å². The first-order valence-corrected chi connectivity index (χ1v) is 5.24. The fourth-order valence-corrected chi connectivity index (χ4v) is 1.80. The van der Waals surface area contributed by atoms with Gasteiger partial charge >= 0.3 is 0 Å². The van der Waals surface area contributed by atoms with Crippen molar-refractivity contribution in [3.63, 3.8) is 0 Å². The van der Waals surface area contributed by atoms with E-state index in [-0.39, 0.29) is 11.1 Å². The summed E-state index contributed by atoms with van der Waals surface area (Å²) in [5, 5.41) is 0.0848. The van der Waals surface area contributed by atoms with Gasteiger partial charge in [0.25, 0.3) is 0 Å². The Bertz CT molecular complexity index is 470. The second kappa shape index (κ2) is 4.63. The Balaban J connectivity index is 2.21. The predicted molar refractivity (Wildman–Crippen MR) is 60.6 cm³/mol. The van der Waals surface area contributed by atoms with E-state index < -0.39 is 5.82 Å². The summed E-state index contributed by atoms with van der Waals surface area (Å²) in [6.45, 7) is 0. The average Bonchev–Trinajstić information content (AvgIpc) is 2.74. The lowest BCUT2D eigenvalue weighted by Crippen LogP contribution is -2.15. The van der Waals surface area contributed by atoms with E-state index in [1.807, 2.05) is 0 Å². The zero-order chi connectivity index (χ0) is 11.5. The topological polar surface area (TPSA) is 54.7 Å². The van der Waals surface area contributed by atoms with Gasteiger partial charge < -0.3 is 10.7 Å². The van der Waals surface area contributed by atoms with Gasteiger partial charge in [-0.25, -0.2) is 9.37 Å². The molecular formula is C11H11ClFN3. The maximum Gasteiger partial charge on any atom is 0.142 e. The van der Waals surface area contributed by atoms with Crippen molar-refractivity contribution in [2.75, 3.05) is 0 Å². The number of rotatable bonds is 3. The number of aromatic amines is 1. The molecule has 0 aliphatic rings. The van der Waals surface area contributed by atoms with E-state index in [2.05, 4.69) is 9.97 Å². The average molecular weight is 240 g/mol. The molecule has 3 N–H and O–H groups in total. The second-order valence-electron chi connectivity index (χ2n) is 3.49. The van der Waals surface area contributed by atoms with Gasteiger partial charge in [-0.2, -0.15) is 0 Å². The molecule has 1 atom stereocenters. The Hall–Kier alpha value is -1.39. The molecule has 0 amide bonds. The third kappa shape index (κ3) is 2.23. The number of hydrogen-bond donors (Lipinski definition) is 2. The normalized spacial score (nSPS) is 12.7. The molecule has 84 valence electrons. The fraction of sp³-hybridized carbons (Fsp3) is 0.182. The molecule has 1 aromatic heterocycles. The monoisotopic (exact) mass is 239 g/mol. The summed E-state index contributed by atoms with van der Waals surface area (Å²) in [5.74, 6) is 0.307. The Labute approximate surface area is 97.5 Å². The van der Waals surface area contributed by atoms with Crippen LogP contribution in [0.1, 0.15) is 17.4 Å². The van der Waals surface area contributed by atoms with Crippen molar-refractivity contribution in [1.29, 1.82) is 0 Å². The Morgan fingerprint density at radius 2 is 2.31 bits per heavy atom. The van der Waals surface area contributed by atoms with Crippen LogP contribution in [0.25, 0.3) is 0 Å². The second-order valence-corrected chi connectivity index (χ2v) is 3.87. The van der Waals surface area contributed by atoms with Crippen molar-refractivity contribution in [2.24, 2.45) is 5.73 Å². The molecule has 0 bridgehead atoms. The van der Waals surface area contributed by atoms with E-state index in [1.165, 1.54) is 6.07 Å². The molecule has 0 aliphatic carbocycles. The standard InChI is InChI=1S/C11H11ClFN3/c12-11-7(2-1-3-8(11)13)9(14)6-10-15-4-5-16-10/h1-5,9H,6,14H2,(H,15,16). The van der Waals surface area contributed by atoms with Gasteiger partial charge in [-0.15, -0.1) is 0 Å². The van der Waals surface area contributed by atoms with Crippen molar-refractivity contribution in [2.45, 2.75) is 12.5 Å². The molecule has 16 heavy (non-hydrogen) atoms. The maximum absolute atomic E-state index is 13.2. The molecule has 0 saturated carbocycles. The third-order valence-corrected chi connectivity index (χ3v) is 2.75. The highest BCUT2D eigenvalue weighted by Crippen LogP contribution is 2.25. The van der Waals surface area contributed by atoms with Crippen molar-refractivity contribution in [1.82, 2.24) is 9.97 Å². The highest BCUT2D eigenvalue weighted by molar-refractivity contribution is 6.31. The third-order valence-electron chi connectivity index (χ3n) is 2.35. The first-order chi connectivity index (χ1) is 7.68. The van der Waals surface area contributed by atoms with Crippen LogP contribution < -0.4 is 5.73 Å². The number of nitrogens with zero attached hydrogens (tertiary/aromatic N) is 1. The number of benzene rings is 1. The summed E-state index contributed by atoms with van der Waals surface area (Å²) in [7, 11) is 0. The Kier molecular flexibility index (Phi) is 3.22. The molecule has 0 spiro atoms. The Morgan fingerprint density at radius 3 is 3.00 bits per heavy atom. The summed E-state index contributed by atoms with van der Waals surface area (Å²) in [6, 6.07) is 4.26. The zero-order valence-electron chi connectivity index (χ0n) is 8.45. The van der Waals surface area contributed by atoms with Gasteiger partial charge in [0.1, 0.15) is 11.6 Å². The van der Waals surface area contributed by atoms with E-state index in [1.54, 1.807) is 24.5 Å². The zero-order valence-corrected chi connectivity index (χ0v) is 9.21. The lowest BCUT2D eigenvalue weighted by Gasteiger charge is -2.12. The van der Waals surface area contributed by atoms with Crippen molar-refractivity contribution >= 4 is 11.6 Å². The van der Waals surface area contributed by atoms with Crippen LogP contribution in [0.3, 0.4) is 0 Å². The van der Waals surface area contributed by atoms with Crippen LogP contribution in [0.15, 0.2) is 30.6 Å². The van der Waals surface area contributed by atoms with Crippen LogP contribution in [0.2, 0.25) is 5.02 Å². The van der Waals surface area contributed by atoms with Crippen LogP contribution in [0.5, 0.6) is 0 Å². The lowest BCUT2D eigenvalue weighted by atomic mass is 10.0. The number of halogens is 2. The summed E-state index contributed by atoms with van der Waals surface area (Å²) >= 11 is 5.84. The number of imidazole rings is 1. The van der Waals surface area contributed by atoms with E-state index in [0.29, 0.717) is 12.0 Å². The van der Waals surface area contributed by atoms with Gasteiger partial charge in [-0.3, -0.25) is 0 Å². The van der Waals surface area contributed by atoms with Crippen LogP contribution in [0, 0.1) is 5.82 Å². The molecule has 0 radical (unpaired) electrons. The molecule has 1 heterocycles. The largest absolute Gasteiger partial charge is 0.349 e. The highest BCUT2D eigenvalue weighted by Gasteiger charge is 2.14. The molecule has 5 heteroatoms. The smallest absolute Gasteiger partial charge is 0.142 e. The van der Waals surface area contributed by atoms with Crippen LogP contribution in [-0.4, -0.2) is 9.97 Å². The lowest BCUT2D eigenvalue weighted by molar-refractivity contribution is 0.617. The molecule has 0 saturated heterocycles.